The summed E-state index contributed by atoms with van der Waals surface area (Å²) in [6.45, 7) is 2.26. The first kappa shape index (κ1) is 19.6. The lowest BCUT2D eigenvalue weighted by Gasteiger charge is -2.46. The standard InChI is InChI=1S/C33H27N/c1-2-23-20-21-26-25-14-6-7-15-27(25)33(30(26)22-23)28-16-8-10-18-31(28)34(24-12-4-3-5-13-24)32-19-11-9-17-29(32)33/h3-6,8-14,16-22H,2,7,15H2,1H3. The van der Waals surface area contributed by atoms with Gasteiger partial charge in [-0.3, -0.25) is 0 Å². The molecular weight excluding hydrogens is 410 g/mol. The predicted molar refractivity (Wildman–Crippen MR) is 142 cm³/mol. The molecule has 0 amide bonds. The van der Waals surface area contributed by atoms with Crippen molar-refractivity contribution in [3.05, 3.63) is 143 Å². The first-order valence-corrected chi connectivity index (χ1v) is 12.4. The molecule has 0 saturated carbocycles. The van der Waals surface area contributed by atoms with E-state index in [1.54, 1.807) is 5.57 Å². The van der Waals surface area contributed by atoms with E-state index in [1.807, 2.05) is 0 Å². The Morgan fingerprint density at radius 3 is 2.12 bits per heavy atom. The van der Waals surface area contributed by atoms with Crippen molar-refractivity contribution >= 4 is 22.6 Å². The molecule has 164 valence electrons. The summed E-state index contributed by atoms with van der Waals surface area (Å²) in [5.41, 5.74) is 13.6. The van der Waals surface area contributed by atoms with E-state index in [9.17, 15) is 0 Å². The Bertz CT molecular complexity index is 1440. The first-order chi connectivity index (χ1) is 16.8. The number of anilines is 3. The van der Waals surface area contributed by atoms with Crippen molar-refractivity contribution in [1.82, 2.24) is 0 Å². The number of fused-ring (bicyclic) bond motifs is 8. The Hall–Kier alpha value is -3.84. The summed E-state index contributed by atoms with van der Waals surface area (Å²) in [4.78, 5) is 2.45. The Morgan fingerprint density at radius 2 is 1.41 bits per heavy atom. The number of hydrogen-bond donors (Lipinski definition) is 0. The van der Waals surface area contributed by atoms with Gasteiger partial charge >= 0.3 is 0 Å². The molecule has 2 aliphatic carbocycles. The minimum atomic E-state index is -0.251. The van der Waals surface area contributed by atoms with Gasteiger partial charge in [0.2, 0.25) is 0 Å². The molecule has 0 N–H and O–H groups in total. The molecule has 3 aliphatic rings. The lowest BCUT2D eigenvalue weighted by atomic mass is 9.62. The third-order valence-corrected chi connectivity index (χ3v) is 7.92. The van der Waals surface area contributed by atoms with Gasteiger partial charge in [-0.05, 0) is 82.5 Å². The predicted octanol–water partition coefficient (Wildman–Crippen LogP) is 8.48. The summed E-state index contributed by atoms with van der Waals surface area (Å²) < 4.78 is 0. The van der Waals surface area contributed by atoms with E-state index in [0.29, 0.717) is 0 Å². The largest absolute Gasteiger partial charge is 0.310 e. The van der Waals surface area contributed by atoms with Crippen LogP contribution < -0.4 is 4.90 Å². The van der Waals surface area contributed by atoms with E-state index >= 15 is 0 Å². The molecule has 1 heterocycles. The van der Waals surface area contributed by atoms with Gasteiger partial charge < -0.3 is 4.90 Å². The molecule has 1 nitrogen and oxygen atoms in total. The maximum Gasteiger partial charge on any atom is 0.0717 e. The zero-order valence-corrected chi connectivity index (χ0v) is 19.5. The average molecular weight is 438 g/mol. The Balaban J connectivity index is 1.64. The van der Waals surface area contributed by atoms with Crippen LogP contribution in [0.4, 0.5) is 17.1 Å². The SMILES string of the molecule is CCc1ccc2c(c1)C1(C3=C2C=CCC3)c2ccccc2N(c2ccccc2)c2ccccc21. The molecule has 1 aliphatic heterocycles. The van der Waals surface area contributed by atoms with Gasteiger partial charge in [-0.15, -0.1) is 0 Å². The van der Waals surface area contributed by atoms with Gasteiger partial charge in [0.1, 0.15) is 0 Å². The molecular formula is C33H27N. The van der Waals surface area contributed by atoms with Crippen molar-refractivity contribution < 1.29 is 0 Å². The van der Waals surface area contributed by atoms with E-state index in [0.717, 1.165) is 19.3 Å². The van der Waals surface area contributed by atoms with Crippen LogP contribution in [-0.4, -0.2) is 0 Å². The molecule has 34 heavy (non-hydrogen) atoms. The van der Waals surface area contributed by atoms with Crippen molar-refractivity contribution in [1.29, 1.82) is 0 Å². The summed E-state index contributed by atoms with van der Waals surface area (Å²) >= 11 is 0. The van der Waals surface area contributed by atoms with Crippen LogP contribution in [0.3, 0.4) is 0 Å². The zero-order valence-electron chi connectivity index (χ0n) is 19.5. The van der Waals surface area contributed by atoms with Crippen LogP contribution in [0.1, 0.15) is 47.6 Å². The van der Waals surface area contributed by atoms with E-state index in [-0.39, 0.29) is 5.41 Å². The molecule has 1 spiro atoms. The van der Waals surface area contributed by atoms with Crippen LogP contribution in [0.15, 0.2) is 115 Å². The van der Waals surface area contributed by atoms with Crippen molar-refractivity contribution in [2.24, 2.45) is 0 Å². The highest BCUT2D eigenvalue weighted by atomic mass is 15.2. The number of aryl methyl sites for hydroxylation is 1. The van der Waals surface area contributed by atoms with Gasteiger partial charge in [0.15, 0.2) is 0 Å². The van der Waals surface area contributed by atoms with Crippen LogP contribution in [0.2, 0.25) is 0 Å². The topological polar surface area (TPSA) is 3.24 Å². The lowest BCUT2D eigenvalue weighted by Crippen LogP contribution is -2.37. The molecule has 7 rings (SSSR count). The Morgan fingerprint density at radius 1 is 0.735 bits per heavy atom. The van der Waals surface area contributed by atoms with Crippen LogP contribution >= 0.6 is 0 Å². The van der Waals surface area contributed by atoms with Gasteiger partial charge in [0.05, 0.1) is 16.8 Å². The third kappa shape index (κ3) is 2.45. The quantitative estimate of drug-likeness (QED) is 0.304. The number of para-hydroxylation sites is 3. The van der Waals surface area contributed by atoms with Gasteiger partial charge in [0.25, 0.3) is 0 Å². The highest BCUT2D eigenvalue weighted by molar-refractivity contribution is 5.97. The number of hydrogen-bond acceptors (Lipinski definition) is 1. The average Bonchev–Trinajstić information content (AvgIpc) is 3.20. The second-order valence-electron chi connectivity index (χ2n) is 9.52. The van der Waals surface area contributed by atoms with Crippen molar-refractivity contribution in [2.75, 3.05) is 4.90 Å². The molecule has 1 heteroatoms. The maximum absolute atomic E-state index is 2.49. The van der Waals surface area contributed by atoms with E-state index in [2.05, 4.69) is 121 Å². The van der Waals surface area contributed by atoms with Crippen LogP contribution in [0, 0.1) is 0 Å². The number of nitrogens with zero attached hydrogens (tertiary/aromatic N) is 1. The fourth-order valence-corrected chi connectivity index (χ4v) is 6.54. The smallest absolute Gasteiger partial charge is 0.0717 e. The minimum Gasteiger partial charge on any atom is -0.310 e. The molecule has 0 unspecified atom stereocenters. The molecule has 0 radical (unpaired) electrons. The Kier molecular flexibility index (Phi) is 4.23. The van der Waals surface area contributed by atoms with Gasteiger partial charge in [-0.2, -0.15) is 0 Å². The fraction of sp³-hybridized carbons (Fsp3) is 0.152. The Labute approximate surface area is 201 Å². The molecule has 0 fully saturated rings. The fourth-order valence-electron chi connectivity index (χ4n) is 6.54. The van der Waals surface area contributed by atoms with Crippen LogP contribution in [0.5, 0.6) is 0 Å². The second-order valence-corrected chi connectivity index (χ2v) is 9.52. The lowest BCUT2D eigenvalue weighted by molar-refractivity contribution is 0.686. The summed E-state index contributed by atoms with van der Waals surface area (Å²) in [5, 5.41) is 0. The molecule has 4 aromatic carbocycles. The van der Waals surface area contributed by atoms with Gasteiger partial charge in [0, 0.05) is 5.69 Å². The number of benzene rings is 4. The summed E-state index contributed by atoms with van der Waals surface area (Å²) in [6, 6.07) is 36.2. The molecule has 0 atom stereocenters. The monoisotopic (exact) mass is 437 g/mol. The van der Waals surface area contributed by atoms with Crippen molar-refractivity contribution in [3.8, 4) is 0 Å². The number of rotatable bonds is 2. The van der Waals surface area contributed by atoms with E-state index in [4.69, 9.17) is 0 Å². The number of allylic oxidation sites excluding steroid dienone is 4. The zero-order chi connectivity index (χ0) is 22.7. The molecule has 4 aromatic rings. The summed E-state index contributed by atoms with van der Waals surface area (Å²) in [6.07, 6.45) is 7.97. The highest BCUT2D eigenvalue weighted by Gasteiger charge is 2.52. The van der Waals surface area contributed by atoms with Crippen molar-refractivity contribution in [3.63, 3.8) is 0 Å². The normalized spacial score (nSPS) is 16.8. The van der Waals surface area contributed by atoms with Crippen LogP contribution in [-0.2, 0) is 11.8 Å². The summed E-state index contributed by atoms with van der Waals surface area (Å²) in [7, 11) is 0. The highest BCUT2D eigenvalue weighted by Crippen LogP contribution is 2.64. The van der Waals surface area contributed by atoms with E-state index in [1.165, 1.54) is 50.5 Å². The molecule has 0 bridgehead atoms. The molecule has 0 aromatic heterocycles. The van der Waals surface area contributed by atoms with Gasteiger partial charge in [-0.1, -0.05) is 91.9 Å². The first-order valence-electron chi connectivity index (χ1n) is 12.4. The second kappa shape index (κ2) is 7.33. The van der Waals surface area contributed by atoms with Gasteiger partial charge in [-0.25, -0.2) is 0 Å². The maximum atomic E-state index is 2.49. The van der Waals surface area contributed by atoms with Crippen molar-refractivity contribution in [2.45, 2.75) is 31.6 Å². The molecule has 0 saturated heterocycles. The third-order valence-electron chi connectivity index (χ3n) is 7.92. The summed E-state index contributed by atoms with van der Waals surface area (Å²) in [5.74, 6) is 0. The minimum absolute atomic E-state index is 0.251. The van der Waals surface area contributed by atoms with Crippen LogP contribution in [0.25, 0.3) is 5.57 Å². The van der Waals surface area contributed by atoms with E-state index < -0.39 is 0 Å².